The summed E-state index contributed by atoms with van der Waals surface area (Å²) in [4.78, 5) is 10.5. The van der Waals surface area contributed by atoms with Gasteiger partial charge in [0.05, 0.1) is 0 Å². The summed E-state index contributed by atoms with van der Waals surface area (Å²) in [7, 11) is 0. The van der Waals surface area contributed by atoms with Crippen molar-refractivity contribution in [3.8, 4) is 0 Å². The largest absolute Gasteiger partial charge is 0.355 e. The molecular weight excluding hydrogens is 254 g/mol. The average molecular weight is 268 g/mol. The molecule has 80 valence electrons. The van der Waals surface area contributed by atoms with Crippen LogP contribution in [0.2, 0.25) is 0 Å². The van der Waals surface area contributed by atoms with Gasteiger partial charge in [0, 0.05) is 15.9 Å². The van der Waals surface area contributed by atoms with Crippen molar-refractivity contribution in [1.82, 2.24) is 5.32 Å². The van der Waals surface area contributed by atoms with Gasteiger partial charge in [0.2, 0.25) is 6.41 Å². The second-order valence-electron chi connectivity index (χ2n) is 4.17. The Kier molecular flexibility index (Phi) is 2.83. The van der Waals surface area contributed by atoms with Gasteiger partial charge in [-0.05, 0) is 37.5 Å². The lowest BCUT2D eigenvalue weighted by Gasteiger charge is -2.23. The zero-order valence-electron chi connectivity index (χ0n) is 8.66. The third kappa shape index (κ3) is 1.93. The van der Waals surface area contributed by atoms with E-state index in [1.165, 1.54) is 5.56 Å². The Bertz CT molecular complexity index is 356. The van der Waals surface area contributed by atoms with E-state index in [9.17, 15) is 4.79 Å². The van der Waals surface area contributed by atoms with Crippen molar-refractivity contribution in [3.05, 3.63) is 34.3 Å². The SMILES string of the molecule is CC(NC=O)C1(c2ccc(Br)cc2)CC1. The van der Waals surface area contributed by atoms with E-state index < -0.39 is 0 Å². The van der Waals surface area contributed by atoms with Crippen molar-refractivity contribution in [1.29, 1.82) is 0 Å². The van der Waals surface area contributed by atoms with Crippen molar-refractivity contribution < 1.29 is 4.79 Å². The van der Waals surface area contributed by atoms with E-state index in [0.29, 0.717) is 0 Å². The monoisotopic (exact) mass is 267 g/mol. The van der Waals surface area contributed by atoms with Crippen LogP contribution in [0, 0.1) is 0 Å². The number of rotatable bonds is 4. The first-order chi connectivity index (χ1) is 7.19. The molecule has 1 aromatic rings. The summed E-state index contributed by atoms with van der Waals surface area (Å²) < 4.78 is 1.10. The highest BCUT2D eigenvalue weighted by Gasteiger charge is 2.48. The van der Waals surface area contributed by atoms with Gasteiger partial charge >= 0.3 is 0 Å². The zero-order valence-corrected chi connectivity index (χ0v) is 10.3. The molecule has 15 heavy (non-hydrogen) atoms. The smallest absolute Gasteiger partial charge is 0.207 e. The highest BCUT2D eigenvalue weighted by molar-refractivity contribution is 9.10. The molecule has 3 heteroatoms. The molecule has 1 amide bonds. The van der Waals surface area contributed by atoms with Gasteiger partial charge in [-0.25, -0.2) is 0 Å². The topological polar surface area (TPSA) is 29.1 Å². The van der Waals surface area contributed by atoms with Crippen LogP contribution in [0.1, 0.15) is 25.3 Å². The first-order valence-electron chi connectivity index (χ1n) is 5.15. The zero-order chi connectivity index (χ0) is 10.9. The maximum atomic E-state index is 10.5. The molecule has 0 aromatic heterocycles. The summed E-state index contributed by atoms with van der Waals surface area (Å²) in [5.74, 6) is 0. The van der Waals surface area contributed by atoms with Crippen LogP contribution in [0.4, 0.5) is 0 Å². The van der Waals surface area contributed by atoms with Crippen LogP contribution in [0.3, 0.4) is 0 Å². The third-order valence-corrected chi connectivity index (χ3v) is 3.88. The lowest BCUT2D eigenvalue weighted by atomic mass is 9.89. The molecule has 1 atom stereocenters. The molecule has 1 aliphatic carbocycles. The Morgan fingerprint density at radius 1 is 1.40 bits per heavy atom. The van der Waals surface area contributed by atoms with Gasteiger partial charge < -0.3 is 5.32 Å². The van der Waals surface area contributed by atoms with Gasteiger partial charge in [0.15, 0.2) is 0 Å². The van der Waals surface area contributed by atoms with Gasteiger partial charge in [-0.1, -0.05) is 28.1 Å². The summed E-state index contributed by atoms with van der Waals surface area (Å²) in [5, 5.41) is 2.87. The minimum absolute atomic E-state index is 0.182. The Labute approximate surface area is 98.2 Å². The van der Waals surface area contributed by atoms with E-state index in [1.807, 2.05) is 0 Å². The number of carbonyl (C=O) groups excluding carboxylic acids is 1. The molecule has 0 bridgehead atoms. The number of nitrogens with one attached hydrogen (secondary N) is 1. The van der Waals surface area contributed by atoms with Crippen LogP contribution in [-0.2, 0) is 10.2 Å². The molecule has 0 aliphatic heterocycles. The second kappa shape index (κ2) is 3.97. The van der Waals surface area contributed by atoms with Gasteiger partial charge in [-0.2, -0.15) is 0 Å². The number of carbonyl (C=O) groups is 1. The molecule has 0 saturated heterocycles. The standard InChI is InChI=1S/C12H14BrNO/c1-9(14-8-15)12(6-7-12)10-2-4-11(13)5-3-10/h2-5,8-9H,6-7H2,1H3,(H,14,15). The van der Waals surface area contributed by atoms with Crippen molar-refractivity contribution >= 4 is 22.3 Å². The summed E-state index contributed by atoms with van der Waals surface area (Å²) >= 11 is 3.43. The summed E-state index contributed by atoms with van der Waals surface area (Å²) in [5.41, 5.74) is 1.51. The quantitative estimate of drug-likeness (QED) is 0.835. The number of hydrogen-bond donors (Lipinski definition) is 1. The highest BCUT2D eigenvalue weighted by atomic mass is 79.9. The van der Waals surface area contributed by atoms with E-state index in [0.717, 1.165) is 23.7 Å². The first kappa shape index (κ1) is 10.7. The first-order valence-corrected chi connectivity index (χ1v) is 5.94. The van der Waals surface area contributed by atoms with Gasteiger partial charge in [0.25, 0.3) is 0 Å². The minimum atomic E-state index is 0.182. The van der Waals surface area contributed by atoms with Crippen LogP contribution in [0.5, 0.6) is 0 Å². The van der Waals surface area contributed by atoms with Crippen molar-refractivity contribution in [2.45, 2.75) is 31.2 Å². The fourth-order valence-electron chi connectivity index (χ4n) is 2.15. The van der Waals surface area contributed by atoms with Crippen molar-refractivity contribution in [2.24, 2.45) is 0 Å². The van der Waals surface area contributed by atoms with E-state index in [1.54, 1.807) is 0 Å². The lowest BCUT2D eigenvalue weighted by molar-refractivity contribution is -0.110. The molecule has 2 nitrogen and oxygen atoms in total. The van der Waals surface area contributed by atoms with Crippen LogP contribution >= 0.6 is 15.9 Å². The van der Waals surface area contributed by atoms with E-state index in [4.69, 9.17) is 0 Å². The number of hydrogen-bond acceptors (Lipinski definition) is 1. The maximum absolute atomic E-state index is 10.5. The lowest BCUT2D eigenvalue weighted by Crippen LogP contribution is -2.36. The molecule has 1 unspecified atom stereocenters. The van der Waals surface area contributed by atoms with E-state index >= 15 is 0 Å². The summed E-state index contributed by atoms with van der Waals surface area (Å²) in [6, 6.07) is 8.61. The molecule has 1 fully saturated rings. The second-order valence-corrected chi connectivity index (χ2v) is 5.08. The predicted octanol–water partition coefficient (Wildman–Crippen LogP) is 2.62. The van der Waals surface area contributed by atoms with Gasteiger partial charge in [-0.3, -0.25) is 4.79 Å². The molecule has 0 spiro atoms. The number of benzene rings is 1. The third-order valence-electron chi connectivity index (χ3n) is 3.35. The Hall–Kier alpha value is -0.830. The van der Waals surface area contributed by atoms with Crippen LogP contribution < -0.4 is 5.32 Å². The maximum Gasteiger partial charge on any atom is 0.207 e. The Morgan fingerprint density at radius 3 is 2.47 bits per heavy atom. The summed E-state index contributed by atoms with van der Waals surface area (Å²) in [6.45, 7) is 2.07. The molecule has 1 saturated carbocycles. The normalized spacial score (nSPS) is 19.3. The van der Waals surface area contributed by atoms with Crippen LogP contribution in [-0.4, -0.2) is 12.5 Å². The molecule has 0 radical (unpaired) electrons. The molecule has 1 aliphatic rings. The number of halogens is 1. The predicted molar refractivity (Wildman–Crippen MR) is 63.7 cm³/mol. The average Bonchev–Trinajstić information content (AvgIpc) is 3.00. The molecule has 1 aromatic carbocycles. The van der Waals surface area contributed by atoms with Crippen molar-refractivity contribution in [3.63, 3.8) is 0 Å². The fraction of sp³-hybridized carbons (Fsp3) is 0.417. The van der Waals surface area contributed by atoms with Gasteiger partial charge in [-0.15, -0.1) is 0 Å². The van der Waals surface area contributed by atoms with E-state index in [2.05, 4.69) is 52.4 Å². The highest BCUT2D eigenvalue weighted by Crippen LogP contribution is 2.50. The Balaban J connectivity index is 2.22. The molecule has 2 rings (SSSR count). The molecular formula is C12H14BrNO. The molecule has 1 N–H and O–H groups in total. The van der Waals surface area contributed by atoms with Gasteiger partial charge in [0.1, 0.15) is 0 Å². The van der Waals surface area contributed by atoms with Crippen LogP contribution in [0.25, 0.3) is 0 Å². The number of amides is 1. The fourth-order valence-corrected chi connectivity index (χ4v) is 2.41. The van der Waals surface area contributed by atoms with Crippen LogP contribution in [0.15, 0.2) is 28.7 Å². The van der Waals surface area contributed by atoms with E-state index in [-0.39, 0.29) is 11.5 Å². The molecule has 0 heterocycles. The Morgan fingerprint density at radius 2 is 2.00 bits per heavy atom. The summed E-state index contributed by atoms with van der Waals surface area (Å²) in [6.07, 6.45) is 3.12. The minimum Gasteiger partial charge on any atom is -0.355 e. The van der Waals surface area contributed by atoms with Crippen molar-refractivity contribution in [2.75, 3.05) is 0 Å².